The molecule has 1 heterocycles. The van der Waals surface area contributed by atoms with E-state index in [1.54, 1.807) is 0 Å². The van der Waals surface area contributed by atoms with Gasteiger partial charge in [-0.3, -0.25) is 5.43 Å². The fourth-order valence-electron chi connectivity index (χ4n) is 1.48. The van der Waals surface area contributed by atoms with Crippen LogP contribution >= 0.6 is 0 Å². The fourth-order valence-corrected chi connectivity index (χ4v) is 1.48. The van der Waals surface area contributed by atoms with Crippen molar-refractivity contribution in [2.24, 2.45) is 11.0 Å². The topological polar surface area (TPSA) is 27.6 Å². The summed E-state index contributed by atoms with van der Waals surface area (Å²) in [5.74, 6) is 1.84. The largest absolute Gasteiger partial charge is 0.333 e. The molecule has 0 amide bonds. The summed E-state index contributed by atoms with van der Waals surface area (Å²) in [7, 11) is 0. The molecule has 0 bridgehead atoms. The van der Waals surface area contributed by atoms with Crippen LogP contribution in [0.3, 0.4) is 0 Å². The Morgan fingerprint density at radius 1 is 1.50 bits per heavy atom. The molecular formula is C11H21N3. The second kappa shape index (κ2) is 5.68. The van der Waals surface area contributed by atoms with Crippen molar-refractivity contribution in [1.82, 2.24) is 10.3 Å². The van der Waals surface area contributed by atoms with Crippen LogP contribution in [-0.2, 0) is 0 Å². The number of unbranched alkanes of at least 4 members (excludes halogenated alkanes) is 1. The van der Waals surface area contributed by atoms with Crippen LogP contribution in [0, 0.1) is 5.92 Å². The molecule has 0 unspecified atom stereocenters. The highest BCUT2D eigenvalue weighted by molar-refractivity contribution is 5.83. The number of hydrazone groups is 1. The maximum atomic E-state index is 4.31. The van der Waals surface area contributed by atoms with Gasteiger partial charge < -0.3 is 4.90 Å². The Hall–Kier alpha value is -0.990. The van der Waals surface area contributed by atoms with Crippen molar-refractivity contribution in [3.63, 3.8) is 0 Å². The zero-order valence-electron chi connectivity index (χ0n) is 9.45. The van der Waals surface area contributed by atoms with E-state index in [-0.39, 0.29) is 0 Å². The number of nitrogens with one attached hydrogen (secondary N) is 1. The van der Waals surface area contributed by atoms with Crippen LogP contribution in [0.15, 0.2) is 17.5 Å². The molecule has 0 aliphatic carbocycles. The fraction of sp³-hybridized carbons (Fsp3) is 0.727. The first-order valence-electron chi connectivity index (χ1n) is 5.49. The summed E-state index contributed by atoms with van der Waals surface area (Å²) in [5, 5.41) is 4.31. The van der Waals surface area contributed by atoms with Crippen LogP contribution in [0.4, 0.5) is 0 Å². The Labute approximate surface area is 86.9 Å². The van der Waals surface area contributed by atoms with Gasteiger partial charge in [-0.15, -0.1) is 0 Å². The van der Waals surface area contributed by atoms with Crippen molar-refractivity contribution >= 4 is 5.84 Å². The van der Waals surface area contributed by atoms with E-state index in [1.807, 2.05) is 6.20 Å². The molecule has 0 spiro atoms. The minimum atomic E-state index is 0.671. The van der Waals surface area contributed by atoms with Crippen LogP contribution in [0.5, 0.6) is 0 Å². The van der Waals surface area contributed by atoms with Gasteiger partial charge in [0.2, 0.25) is 0 Å². The average Bonchev–Trinajstić information content (AvgIpc) is 2.16. The normalized spacial score (nSPS) is 15.7. The maximum absolute atomic E-state index is 4.31. The van der Waals surface area contributed by atoms with Gasteiger partial charge in [0.25, 0.3) is 0 Å². The molecule has 0 aromatic carbocycles. The van der Waals surface area contributed by atoms with Gasteiger partial charge in [0, 0.05) is 25.4 Å². The highest BCUT2D eigenvalue weighted by Crippen LogP contribution is 2.08. The number of nitrogens with zero attached hydrogens (tertiary/aromatic N) is 2. The van der Waals surface area contributed by atoms with Gasteiger partial charge in [-0.2, -0.15) is 5.10 Å². The molecular weight excluding hydrogens is 174 g/mol. The lowest BCUT2D eigenvalue weighted by Gasteiger charge is -2.26. The SMILES string of the molecule is CCCCC1=NNC=CN1CC(C)C. The van der Waals surface area contributed by atoms with Crippen LogP contribution in [0.2, 0.25) is 0 Å². The van der Waals surface area contributed by atoms with Crippen molar-refractivity contribution in [2.45, 2.75) is 40.0 Å². The minimum Gasteiger partial charge on any atom is -0.333 e. The summed E-state index contributed by atoms with van der Waals surface area (Å²) < 4.78 is 0. The number of amidine groups is 1. The third kappa shape index (κ3) is 3.40. The first-order valence-corrected chi connectivity index (χ1v) is 5.49. The summed E-state index contributed by atoms with van der Waals surface area (Å²) in [6.45, 7) is 7.72. The summed E-state index contributed by atoms with van der Waals surface area (Å²) in [5.41, 5.74) is 2.91. The highest BCUT2D eigenvalue weighted by Gasteiger charge is 2.12. The van der Waals surface area contributed by atoms with Crippen molar-refractivity contribution < 1.29 is 0 Å². The van der Waals surface area contributed by atoms with E-state index in [0.717, 1.165) is 13.0 Å². The monoisotopic (exact) mass is 195 g/mol. The van der Waals surface area contributed by atoms with E-state index in [0.29, 0.717) is 5.92 Å². The summed E-state index contributed by atoms with van der Waals surface area (Å²) in [6, 6.07) is 0. The second-order valence-electron chi connectivity index (χ2n) is 4.12. The summed E-state index contributed by atoms with van der Waals surface area (Å²) in [6.07, 6.45) is 7.47. The number of hydrogen-bond donors (Lipinski definition) is 1. The summed E-state index contributed by atoms with van der Waals surface area (Å²) >= 11 is 0. The smallest absolute Gasteiger partial charge is 0.129 e. The molecule has 0 saturated carbocycles. The van der Waals surface area contributed by atoms with Gasteiger partial charge in [-0.1, -0.05) is 27.2 Å². The molecule has 0 radical (unpaired) electrons. The quantitative estimate of drug-likeness (QED) is 0.730. The molecule has 1 aliphatic rings. The molecule has 0 atom stereocenters. The zero-order chi connectivity index (χ0) is 10.4. The van der Waals surface area contributed by atoms with E-state index in [9.17, 15) is 0 Å². The Morgan fingerprint density at radius 3 is 2.93 bits per heavy atom. The lowest BCUT2D eigenvalue weighted by molar-refractivity contribution is 0.438. The lowest BCUT2D eigenvalue weighted by atomic mass is 10.2. The van der Waals surface area contributed by atoms with E-state index in [4.69, 9.17) is 0 Å². The van der Waals surface area contributed by atoms with Crippen molar-refractivity contribution in [1.29, 1.82) is 0 Å². The third-order valence-corrected chi connectivity index (χ3v) is 2.17. The first-order chi connectivity index (χ1) is 6.74. The van der Waals surface area contributed by atoms with Crippen LogP contribution < -0.4 is 5.43 Å². The summed E-state index contributed by atoms with van der Waals surface area (Å²) in [4.78, 5) is 2.25. The van der Waals surface area contributed by atoms with Crippen molar-refractivity contribution in [3.05, 3.63) is 12.4 Å². The molecule has 1 aliphatic heterocycles. The van der Waals surface area contributed by atoms with Gasteiger partial charge in [0.05, 0.1) is 0 Å². The highest BCUT2D eigenvalue weighted by atomic mass is 15.4. The lowest BCUT2D eigenvalue weighted by Crippen LogP contribution is -2.33. The molecule has 1 rings (SSSR count). The van der Waals surface area contributed by atoms with Crippen LogP contribution in [0.25, 0.3) is 0 Å². The number of rotatable bonds is 5. The van der Waals surface area contributed by atoms with Gasteiger partial charge in [0.1, 0.15) is 5.84 Å². The molecule has 3 heteroatoms. The number of hydrogen-bond acceptors (Lipinski definition) is 3. The molecule has 1 N–H and O–H groups in total. The molecule has 14 heavy (non-hydrogen) atoms. The molecule has 0 fully saturated rings. The minimum absolute atomic E-state index is 0.671. The molecule has 0 aromatic heterocycles. The Balaban J connectivity index is 2.47. The zero-order valence-corrected chi connectivity index (χ0v) is 9.45. The van der Waals surface area contributed by atoms with Crippen molar-refractivity contribution in [3.8, 4) is 0 Å². The van der Waals surface area contributed by atoms with Gasteiger partial charge >= 0.3 is 0 Å². The Morgan fingerprint density at radius 2 is 2.29 bits per heavy atom. The Bertz CT molecular complexity index is 219. The van der Waals surface area contributed by atoms with Crippen LogP contribution in [-0.4, -0.2) is 17.3 Å². The predicted octanol–water partition coefficient (Wildman–Crippen LogP) is 2.52. The van der Waals surface area contributed by atoms with E-state index in [2.05, 4.69) is 42.4 Å². The molecule has 80 valence electrons. The van der Waals surface area contributed by atoms with E-state index < -0.39 is 0 Å². The third-order valence-electron chi connectivity index (χ3n) is 2.17. The molecule has 0 aromatic rings. The van der Waals surface area contributed by atoms with Crippen LogP contribution in [0.1, 0.15) is 40.0 Å². The molecule has 0 saturated heterocycles. The van der Waals surface area contributed by atoms with Gasteiger partial charge in [0.15, 0.2) is 0 Å². The van der Waals surface area contributed by atoms with E-state index in [1.165, 1.54) is 18.7 Å². The maximum Gasteiger partial charge on any atom is 0.129 e. The predicted molar refractivity (Wildman–Crippen MR) is 60.8 cm³/mol. The first kappa shape index (κ1) is 11.1. The van der Waals surface area contributed by atoms with Crippen molar-refractivity contribution in [2.75, 3.05) is 6.54 Å². The second-order valence-corrected chi connectivity index (χ2v) is 4.12. The van der Waals surface area contributed by atoms with Gasteiger partial charge in [-0.05, 0) is 12.3 Å². The van der Waals surface area contributed by atoms with Gasteiger partial charge in [-0.25, -0.2) is 0 Å². The average molecular weight is 195 g/mol. The standard InChI is InChI=1S/C11H21N3/c1-4-5-6-11-13-12-7-8-14(11)9-10(2)3/h7-8,10,12H,4-6,9H2,1-3H3. The van der Waals surface area contributed by atoms with E-state index >= 15 is 0 Å². The Kier molecular flexibility index (Phi) is 4.50. The molecule has 3 nitrogen and oxygen atoms in total.